The minimum absolute atomic E-state index is 0.411. The van der Waals surface area contributed by atoms with Crippen LogP contribution in [0.3, 0.4) is 0 Å². The van der Waals surface area contributed by atoms with E-state index in [1.54, 1.807) is 6.26 Å². The van der Waals surface area contributed by atoms with Crippen LogP contribution in [0.1, 0.15) is 11.8 Å². The van der Waals surface area contributed by atoms with Crippen molar-refractivity contribution >= 4 is 0 Å². The standard InChI is InChI=1S/C9H14N2O/c1-11-5-4-10-7-8(11)9-3-2-6-12-9/h2-3,6,8,10H,4-5,7H2,1H3/t8-/m1/s1. The fraction of sp³-hybridized carbons (Fsp3) is 0.556. The summed E-state index contributed by atoms with van der Waals surface area (Å²) in [6.45, 7) is 3.16. The highest BCUT2D eigenvalue weighted by molar-refractivity contribution is 5.06. The summed E-state index contributed by atoms with van der Waals surface area (Å²) in [4.78, 5) is 2.31. The highest BCUT2D eigenvalue weighted by Gasteiger charge is 2.21. The first-order valence-corrected chi connectivity index (χ1v) is 4.32. The lowest BCUT2D eigenvalue weighted by atomic mass is 10.1. The van der Waals surface area contributed by atoms with Crippen molar-refractivity contribution in [1.82, 2.24) is 10.2 Å². The Morgan fingerprint density at radius 2 is 2.58 bits per heavy atom. The van der Waals surface area contributed by atoms with Crippen LogP contribution in [-0.2, 0) is 0 Å². The number of hydrogen-bond donors (Lipinski definition) is 1. The number of piperazine rings is 1. The van der Waals surface area contributed by atoms with E-state index < -0.39 is 0 Å². The third-order valence-electron chi connectivity index (χ3n) is 2.38. The molecule has 0 aromatic carbocycles. The van der Waals surface area contributed by atoms with Crippen LogP contribution >= 0.6 is 0 Å². The Labute approximate surface area is 72.4 Å². The molecular weight excluding hydrogens is 152 g/mol. The quantitative estimate of drug-likeness (QED) is 0.670. The van der Waals surface area contributed by atoms with Crippen LogP contribution in [0.2, 0.25) is 0 Å². The van der Waals surface area contributed by atoms with Gasteiger partial charge in [0.05, 0.1) is 12.3 Å². The SMILES string of the molecule is CN1CCNC[C@@H]1c1ccco1. The summed E-state index contributed by atoms with van der Waals surface area (Å²) < 4.78 is 5.36. The average Bonchev–Trinajstić information content (AvgIpc) is 2.57. The summed E-state index contributed by atoms with van der Waals surface area (Å²) in [5.74, 6) is 1.06. The molecule has 12 heavy (non-hydrogen) atoms. The topological polar surface area (TPSA) is 28.4 Å². The lowest BCUT2D eigenvalue weighted by molar-refractivity contribution is 0.178. The maximum absolute atomic E-state index is 5.36. The molecule has 2 rings (SSSR count). The molecule has 1 atom stereocenters. The van der Waals surface area contributed by atoms with Gasteiger partial charge in [0, 0.05) is 19.6 Å². The number of nitrogens with one attached hydrogen (secondary N) is 1. The fourth-order valence-corrected chi connectivity index (χ4v) is 1.60. The van der Waals surface area contributed by atoms with Crippen molar-refractivity contribution < 1.29 is 4.42 Å². The molecule has 0 unspecified atom stereocenters. The first-order valence-electron chi connectivity index (χ1n) is 4.32. The van der Waals surface area contributed by atoms with E-state index in [2.05, 4.69) is 17.3 Å². The maximum atomic E-state index is 5.36. The Hall–Kier alpha value is -0.800. The molecule has 0 amide bonds. The van der Waals surface area contributed by atoms with E-state index in [4.69, 9.17) is 4.42 Å². The zero-order valence-electron chi connectivity index (χ0n) is 7.29. The number of rotatable bonds is 1. The molecule has 1 saturated heterocycles. The van der Waals surface area contributed by atoms with Gasteiger partial charge in [0.25, 0.3) is 0 Å². The van der Waals surface area contributed by atoms with Crippen LogP contribution in [0.25, 0.3) is 0 Å². The van der Waals surface area contributed by atoms with E-state index in [0.29, 0.717) is 6.04 Å². The van der Waals surface area contributed by atoms with Crippen LogP contribution in [0.15, 0.2) is 22.8 Å². The van der Waals surface area contributed by atoms with Crippen molar-refractivity contribution in [2.45, 2.75) is 6.04 Å². The Bertz CT molecular complexity index is 233. The van der Waals surface area contributed by atoms with Crippen LogP contribution in [0.4, 0.5) is 0 Å². The molecule has 1 aromatic rings. The fourth-order valence-electron chi connectivity index (χ4n) is 1.60. The molecule has 0 spiro atoms. The highest BCUT2D eigenvalue weighted by Crippen LogP contribution is 2.20. The van der Waals surface area contributed by atoms with Gasteiger partial charge >= 0.3 is 0 Å². The first kappa shape index (κ1) is 7.83. The molecule has 1 N–H and O–H groups in total. The van der Waals surface area contributed by atoms with Gasteiger partial charge in [-0.05, 0) is 19.2 Å². The second-order valence-corrected chi connectivity index (χ2v) is 3.22. The maximum Gasteiger partial charge on any atom is 0.122 e. The molecule has 0 bridgehead atoms. The van der Waals surface area contributed by atoms with E-state index in [1.165, 1.54) is 0 Å². The Balaban J connectivity index is 2.11. The molecule has 1 aliphatic heterocycles. The van der Waals surface area contributed by atoms with Gasteiger partial charge in [-0.3, -0.25) is 4.90 Å². The summed E-state index contributed by atoms with van der Waals surface area (Å²) in [6.07, 6.45) is 1.73. The van der Waals surface area contributed by atoms with E-state index in [0.717, 1.165) is 25.4 Å². The largest absolute Gasteiger partial charge is 0.468 e. The van der Waals surface area contributed by atoms with Crippen LogP contribution < -0.4 is 5.32 Å². The normalized spacial score (nSPS) is 25.9. The predicted molar refractivity (Wildman–Crippen MR) is 46.9 cm³/mol. The third kappa shape index (κ3) is 1.38. The summed E-state index contributed by atoms with van der Waals surface area (Å²) in [6, 6.07) is 4.39. The summed E-state index contributed by atoms with van der Waals surface area (Å²) in [5.41, 5.74) is 0. The van der Waals surface area contributed by atoms with Gasteiger partial charge in [0.1, 0.15) is 5.76 Å². The van der Waals surface area contributed by atoms with Gasteiger partial charge in [-0.1, -0.05) is 0 Å². The smallest absolute Gasteiger partial charge is 0.122 e. The van der Waals surface area contributed by atoms with E-state index in [1.807, 2.05) is 12.1 Å². The molecular formula is C9H14N2O. The predicted octanol–water partition coefficient (Wildman–Crippen LogP) is 0.856. The van der Waals surface area contributed by atoms with Crippen molar-refractivity contribution in [3.05, 3.63) is 24.2 Å². The average molecular weight is 166 g/mol. The summed E-state index contributed by atoms with van der Waals surface area (Å²) in [5, 5.41) is 3.35. The van der Waals surface area contributed by atoms with E-state index >= 15 is 0 Å². The van der Waals surface area contributed by atoms with Crippen LogP contribution in [0, 0.1) is 0 Å². The second kappa shape index (κ2) is 3.29. The first-order chi connectivity index (χ1) is 5.88. The van der Waals surface area contributed by atoms with Crippen LogP contribution in [-0.4, -0.2) is 31.6 Å². The number of furan rings is 1. The van der Waals surface area contributed by atoms with Crippen molar-refractivity contribution in [3.63, 3.8) is 0 Å². The van der Waals surface area contributed by atoms with Crippen molar-refractivity contribution in [3.8, 4) is 0 Å². The number of nitrogens with zero attached hydrogens (tertiary/aromatic N) is 1. The van der Waals surface area contributed by atoms with Crippen LogP contribution in [0.5, 0.6) is 0 Å². The molecule has 1 aromatic heterocycles. The zero-order valence-corrected chi connectivity index (χ0v) is 7.29. The number of likely N-dealkylation sites (N-methyl/N-ethyl adjacent to an activating group) is 1. The Kier molecular flexibility index (Phi) is 2.15. The van der Waals surface area contributed by atoms with Crippen molar-refractivity contribution in [2.24, 2.45) is 0 Å². The van der Waals surface area contributed by atoms with Gasteiger partial charge in [-0.2, -0.15) is 0 Å². The lowest BCUT2D eigenvalue weighted by Gasteiger charge is -2.31. The molecule has 66 valence electrons. The minimum atomic E-state index is 0.411. The zero-order chi connectivity index (χ0) is 8.39. The molecule has 1 fully saturated rings. The summed E-state index contributed by atoms with van der Waals surface area (Å²) >= 11 is 0. The van der Waals surface area contributed by atoms with Crippen molar-refractivity contribution in [2.75, 3.05) is 26.7 Å². The van der Waals surface area contributed by atoms with Gasteiger partial charge in [-0.25, -0.2) is 0 Å². The van der Waals surface area contributed by atoms with Gasteiger partial charge < -0.3 is 9.73 Å². The van der Waals surface area contributed by atoms with E-state index in [-0.39, 0.29) is 0 Å². The van der Waals surface area contributed by atoms with Gasteiger partial charge in [-0.15, -0.1) is 0 Å². The number of hydrogen-bond acceptors (Lipinski definition) is 3. The third-order valence-corrected chi connectivity index (χ3v) is 2.38. The van der Waals surface area contributed by atoms with Crippen molar-refractivity contribution in [1.29, 1.82) is 0 Å². The Morgan fingerprint density at radius 1 is 1.67 bits per heavy atom. The molecule has 0 radical (unpaired) electrons. The molecule has 0 saturated carbocycles. The molecule has 0 aliphatic carbocycles. The Morgan fingerprint density at radius 3 is 3.25 bits per heavy atom. The van der Waals surface area contributed by atoms with Gasteiger partial charge in [0.2, 0.25) is 0 Å². The molecule has 3 heteroatoms. The monoisotopic (exact) mass is 166 g/mol. The lowest BCUT2D eigenvalue weighted by Crippen LogP contribution is -2.43. The highest BCUT2D eigenvalue weighted by atomic mass is 16.3. The molecule has 1 aliphatic rings. The molecule has 2 heterocycles. The minimum Gasteiger partial charge on any atom is -0.468 e. The molecule has 3 nitrogen and oxygen atoms in total. The van der Waals surface area contributed by atoms with Gasteiger partial charge in [0.15, 0.2) is 0 Å². The van der Waals surface area contributed by atoms with E-state index in [9.17, 15) is 0 Å². The summed E-state index contributed by atoms with van der Waals surface area (Å²) in [7, 11) is 2.13. The second-order valence-electron chi connectivity index (χ2n) is 3.22.